The van der Waals surface area contributed by atoms with E-state index >= 15 is 0 Å². The van der Waals surface area contributed by atoms with Crippen molar-refractivity contribution in [1.29, 1.82) is 0 Å². The summed E-state index contributed by atoms with van der Waals surface area (Å²) < 4.78 is 3.22. The van der Waals surface area contributed by atoms with Gasteiger partial charge in [0.2, 0.25) is 9.70 Å². The highest BCUT2D eigenvalue weighted by molar-refractivity contribution is 7.80. The summed E-state index contributed by atoms with van der Waals surface area (Å²) >= 11 is 23.1. The Morgan fingerprint density at radius 2 is 1.87 bits per heavy atom. The molecule has 1 atom stereocenters. The van der Waals surface area contributed by atoms with Crippen LogP contribution < -0.4 is 20.7 Å². The van der Waals surface area contributed by atoms with E-state index in [4.69, 9.17) is 51.8 Å². The number of nitrogens with zero attached hydrogens (tertiary/aromatic N) is 1. The minimum absolute atomic E-state index is 0.0508. The van der Waals surface area contributed by atoms with E-state index in [2.05, 4.69) is 16.0 Å². The third-order valence-corrected chi connectivity index (χ3v) is 4.63. The molecule has 0 heterocycles. The van der Waals surface area contributed by atoms with Gasteiger partial charge in [-0.15, -0.1) is 0 Å². The van der Waals surface area contributed by atoms with Crippen LogP contribution in [0.4, 0.5) is 11.4 Å². The Labute approximate surface area is 193 Å². The molecule has 0 spiro atoms. The number of alkyl halides is 3. The molecule has 3 N–H and O–H groups in total. The Hall–Kier alpha value is -2.33. The number of carbonyl (C=O) groups is 1. The molecule has 0 aliphatic heterocycles. The summed E-state index contributed by atoms with van der Waals surface area (Å²) in [6.07, 6.45) is -1.11. The van der Waals surface area contributed by atoms with Crippen molar-refractivity contribution in [3.8, 4) is 5.75 Å². The number of benzene rings is 2. The molecule has 0 fully saturated rings. The van der Waals surface area contributed by atoms with Crippen LogP contribution in [0.25, 0.3) is 0 Å². The third kappa shape index (κ3) is 7.17. The number of anilines is 1. The lowest BCUT2D eigenvalue weighted by molar-refractivity contribution is -0.384. The molecular formula is C18H17Cl3N4O4S. The van der Waals surface area contributed by atoms with E-state index in [1.54, 1.807) is 24.3 Å². The number of nitro groups is 1. The fraction of sp³-hybridized carbons (Fsp3) is 0.222. The monoisotopic (exact) mass is 490 g/mol. The SMILES string of the molecule is COc1ccc([N+](=O)[O-])cc1NC(=S)NC(NC(=O)Cc1ccccc1)C(Cl)(Cl)Cl. The molecule has 0 aliphatic rings. The van der Waals surface area contributed by atoms with Crippen LogP contribution in [0.15, 0.2) is 48.5 Å². The van der Waals surface area contributed by atoms with Crippen molar-refractivity contribution in [2.75, 3.05) is 12.4 Å². The van der Waals surface area contributed by atoms with Crippen LogP contribution in [0.5, 0.6) is 5.75 Å². The molecule has 8 nitrogen and oxygen atoms in total. The molecule has 0 saturated carbocycles. The van der Waals surface area contributed by atoms with Crippen molar-refractivity contribution < 1.29 is 14.5 Å². The second-order valence-electron chi connectivity index (χ2n) is 5.94. The largest absolute Gasteiger partial charge is 0.495 e. The van der Waals surface area contributed by atoms with E-state index in [-0.39, 0.29) is 22.9 Å². The lowest BCUT2D eigenvalue weighted by Gasteiger charge is -2.28. The van der Waals surface area contributed by atoms with Gasteiger partial charge in [-0.05, 0) is 23.8 Å². The second kappa shape index (κ2) is 10.6. The predicted molar refractivity (Wildman–Crippen MR) is 121 cm³/mol. The predicted octanol–water partition coefficient (Wildman–Crippen LogP) is 3.95. The number of hydrogen-bond acceptors (Lipinski definition) is 5. The van der Waals surface area contributed by atoms with Crippen molar-refractivity contribution in [3.63, 3.8) is 0 Å². The Kier molecular flexibility index (Phi) is 8.48. The van der Waals surface area contributed by atoms with Crippen LogP contribution in [-0.4, -0.2) is 33.0 Å². The van der Waals surface area contributed by atoms with Crippen molar-refractivity contribution in [1.82, 2.24) is 10.6 Å². The maximum atomic E-state index is 12.3. The van der Waals surface area contributed by atoms with E-state index in [0.717, 1.165) is 5.56 Å². The van der Waals surface area contributed by atoms with Gasteiger partial charge in [0.25, 0.3) is 5.69 Å². The molecule has 30 heavy (non-hydrogen) atoms. The topological polar surface area (TPSA) is 106 Å². The van der Waals surface area contributed by atoms with Crippen molar-refractivity contribution in [2.45, 2.75) is 16.4 Å². The molecular weight excluding hydrogens is 475 g/mol. The fourth-order valence-corrected chi connectivity index (χ4v) is 2.94. The molecule has 2 aromatic carbocycles. The smallest absolute Gasteiger partial charge is 0.271 e. The van der Waals surface area contributed by atoms with Gasteiger partial charge in [-0.3, -0.25) is 14.9 Å². The third-order valence-electron chi connectivity index (χ3n) is 3.76. The second-order valence-corrected chi connectivity index (χ2v) is 8.72. The number of hydrogen-bond donors (Lipinski definition) is 3. The quantitative estimate of drug-likeness (QED) is 0.177. The Balaban J connectivity index is 2.09. The first kappa shape index (κ1) is 23.9. The van der Waals surface area contributed by atoms with Crippen molar-refractivity contribution in [3.05, 3.63) is 64.2 Å². The number of non-ortho nitro benzene ring substituents is 1. The van der Waals surface area contributed by atoms with Gasteiger partial charge in [0, 0.05) is 12.1 Å². The van der Waals surface area contributed by atoms with Gasteiger partial charge >= 0.3 is 0 Å². The minimum atomic E-state index is -1.94. The van der Waals surface area contributed by atoms with Crippen LogP contribution in [-0.2, 0) is 11.2 Å². The number of ether oxygens (including phenoxy) is 1. The van der Waals surface area contributed by atoms with Crippen molar-refractivity contribution in [2.24, 2.45) is 0 Å². The Morgan fingerprint density at radius 1 is 1.20 bits per heavy atom. The highest BCUT2D eigenvalue weighted by Crippen LogP contribution is 2.31. The number of amides is 1. The first-order chi connectivity index (χ1) is 14.1. The highest BCUT2D eigenvalue weighted by atomic mass is 35.6. The Morgan fingerprint density at radius 3 is 2.43 bits per heavy atom. The van der Waals surface area contributed by atoms with Crippen LogP contribution in [0.1, 0.15) is 5.56 Å². The maximum absolute atomic E-state index is 12.3. The van der Waals surface area contributed by atoms with Gasteiger partial charge in [-0.2, -0.15) is 0 Å². The average Bonchev–Trinajstić information content (AvgIpc) is 2.67. The number of thiocarbonyl (C=S) groups is 1. The zero-order chi connectivity index (χ0) is 22.3. The highest BCUT2D eigenvalue weighted by Gasteiger charge is 2.34. The summed E-state index contributed by atoms with van der Waals surface area (Å²) in [7, 11) is 1.40. The normalized spacial score (nSPS) is 11.9. The van der Waals surface area contributed by atoms with Crippen LogP contribution in [0.2, 0.25) is 0 Å². The molecule has 0 saturated heterocycles. The molecule has 2 aromatic rings. The number of halogens is 3. The van der Waals surface area contributed by atoms with Gasteiger partial charge in [-0.1, -0.05) is 65.1 Å². The molecule has 1 unspecified atom stereocenters. The molecule has 0 aromatic heterocycles. The van der Waals surface area contributed by atoms with E-state index < -0.39 is 20.8 Å². The fourth-order valence-electron chi connectivity index (χ4n) is 2.39. The zero-order valence-corrected chi connectivity index (χ0v) is 18.6. The summed E-state index contributed by atoms with van der Waals surface area (Å²) in [5.74, 6) is -0.0935. The average molecular weight is 492 g/mol. The van der Waals surface area contributed by atoms with E-state index in [1.807, 2.05) is 6.07 Å². The van der Waals surface area contributed by atoms with Crippen LogP contribution >= 0.6 is 47.0 Å². The number of rotatable bonds is 7. The molecule has 0 aliphatic carbocycles. The standard InChI is InChI=1S/C18H17Cl3N4O4S/c1-29-14-8-7-12(25(27)28)10-13(14)22-17(30)24-16(18(19,20)21)23-15(26)9-11-5-3-2-4-6-11/h2-8,10,16H,9H2,1H3,(H,23,26)(H2,22,24,30). The minimum Gasteiger partial charge on any atom is -0.495 e. The van der Waals surface area contributed by atoms with Gasteiger partial charge in [0.05, 0.1) is 24.1 Å². The van der Waals surface area contributed by atoms with Gasteiger partial charge in [-0.25, -0.2) is 0 Å². The lowest BCUT2D eigenvalue weighted by Crippen LogP contribution is -2.56. The number of nitrogens with one attached hydrogen (secondary N) is 3. The van der Waals surface area contributed by atoms with E-state index in [0.29, 0.717) is 5.75 Å². The lowest BCUT2D eigenvalue weighted by atomic mass is 10.1. The summed E-state index contributed by atoms with van der Waals surface area (Å²) in [5.41, 5.74) is 0.832. The molecule has 2 rings (SSSR count). The van der Waals surface area contributed by atoms with Gasteiger partial charge in [0.15, 0.2) is 5.11 Å². The molecule has 1 amide bonds. The molecule has 0 bridgehead atoms. The maximum Gasteiger partial charge on any atom is 0.271 e. The van der Waals surface area contributed by atoms with Gasteiger partial charge < -0.3 is 20.7 Å². The summed E-state index contributed by atoms with van der Waals surface area (Å²) in [6.45, 7) is 0. The first-order valence-electron chi connectivity index (χ1n) is 8.40. The number of nitro benzene ring substituents is 1. The molecule has 12 heteroatoms. The van der Waals surface area contributed by atoms with Gasteiger partial charge in [0.1, 0.15) is 11.9 Å². The first-order valence-corrected chi connectivity index (χ1v) is 9.94. The molecule has 160 valence electrons. The van der Waals surface area contributed by atoms with Crippen LogP contribution in [0, 0.1) is 10.1 Å². The summed E-state index contributed by atoms with van der Waals surface area (Å²) in [6, 6.07) is 13.0. The summed E-state index contributed by atoms with van der Waals surface area (Å²) in [4.78, 5) is 22.8. The summed E-state index contributed by atoms with van der Waals surface area (Å²) in [5, 5.41) is 19.0. The van der Waals surface area contributed by atoms with E-state index in [9.17, 15) is 14.9 Å². The zero-order valence-electron chi connectivity index (χ0n) is 15.5. The van der Waals surface area contributed by atoms with Crippen LogP contribution in [0.3, 0.4) is 0 Å². The van der Waals surface area contributed by atoms with E-state index in [1.165, 1.54) is 25.3 Å². The van der Waals surface area contributed by atoms with Crippen molar-refractivity contribution >= 4 is 69.4 Å². The number of methoxy groups -OCH3 is 1. The number of carbonyl (C=O) groups excluding carboxylic acids is 1. The molecule has 0 radical (unpaired) electrons. The Bertz CT molecular complexity index is 925.